The highest BCUT2D eigenvalue weighted by Crippen LogP contribution is 2.33. The van der Waals surface area contributed by atoms with E-state index in [0.29, 0.717) is 33.7 Å². The largest absolute Gasteiger partial charge is 0.483 e. The second-order valence-electron chi connectivity index (χ2n) is 6.40. The minimum atomic E-state index is -1.28. The number of hydrogen-bond donors (Lipinski definition) is 2. The SMILES string of the molecule is Cc1ccc(NC(=O)COc2ccccc2/C=C2/SC(=O)N(CC(=O)O)C2=O)cc1. The highest BCUT2D eigenvalue weighted by molar-refractivity contribution is 8.18. The standard InChI is InChI=1S/C21H18N2O6S/c1-13-6-8-15(9-7-13)22-18(24)12-29-16-5-3-2-4-14(16)10-17-20(27)23(11-19(25)26)21(28)30-17/h2-10H,11-12H2,1H3,(H,22,24)(H,25,26)/b17-10+. The first kappa shape index (κ1) is 21.1. The first-order valence-corrected chi connectivity index (χ1v) is 9.70. The number of carboxylic acids is 1. The number of carboxylic acid groups (broad SMARTS) is 1. The second-order valence-corrected chi connectivity index (χ2v) is 7.40. The summed E-state index contributed by atoms with van der Waals surface area (Å²) in [6.07, 6.45) is 1.44. The smallest absolute Gasteiger partial charge is 0.323 e. The van der Waals surface area contributed by atoms with E-state index in [9.17, 15) is 19.2 Å². The Morgan fingerprint density at radius 1 is 1.13 bits per heavy atom. The Bertz CT molecular complexity index is 1030. The van der Waals surface area contributed by atoms with Gasteiger partial charge in [0.2, 0.25) is 0 Å². The Labute approximate surface area is 176 Å². The lowest BCUT2D eigenvalue weighted by molar-refractivity contribution is -0.140. The number of imide groups is 1. The van der Waals surface area contributed by atoms with Gasteiger partial charge in [0.05, 0.1) is 4.91 Å². The first-order chi connectivity index (χ1) is 14.3. The molecule has 1 fully saturated rings. The van der Waals surface area contributed by atoms with E-state index in [4.69, 9.17) is 9.84 Å². The molecule has 3 amide bonds. The van der Waals surface area contributed by atoms with Crippen LogP contribution in [0.3, 0.4) is 0 Å². The number of carbonyl (C=O) groups excluding carboxylic acids is 3. The monoisotopic (exact) mass is 426 g/mol. The van der Waals surface area contributed by atoms with Crippen molar-refractivity contribution < 1.29 is 29.0 Å². The third-order valence-corrected chi connectivity index (χ3v) is 4.97. The normalized spacial score (nSPS) is 14.8. The summed E-state index contributed by atoms with van der Waals surface area (Å²) in [5.74, 6) is -1.96. The summed E-state index contributed by atoms with van der Waals surface area (Å²) in [5.41, 5.74) is 2.21. The molecule has 154 valence electrons. The molecule has 1 saturated heterocycles. The van der Waals surface area contributed by atoms with Crippen molar-refractivity contribution in [3.63, 3.8) is 0 Å². The Morgan fingerprint density at radius 3 is 2.53 bits per heavy atom. The number of rotatable bonds is 7. The molecule has 0 aliphatic carbocycles. The highest BCUT2D eigenvalue weighted by Gasteiger charge is 2.36. The average Bonchev–Trinajstić information content (AvgIpc) is 2.96. The molecule has 0 radical (unpaired) electrons. The van der Waals surface area contributed by atoms with E-state index in [0.717, 1.165) is 5.56 Å². The zero-order valence-corrected chi connectivity index (χ0v) is 16.8. The van der Waals surface area contributed by atoms with Crippen LogP contribution in [0.4, 0.5) is 10.5 Å². The third kappa shape index (κ3) is 5.26. The molecular weight excluding hydrogens is 408 g/mol. The van der Waals surface area contributed by atoms with Crippen LogP contribution in [-0.2, 0) is 14.4 Å². The van der Waals surface area contributed by atoms with Gasteiger partial charge in [0.15, 0.2) is 6.61 Å². The van der Waals surface area contributed by atoms with Crippen molar-refractivity contribution in [1.82, 2.24) is 4.90 Å². The van der Waals surface area contributed by atoms with Crippen molar-refractivity contribution in [3.8, 4) is 5.75 Å². The number of aryl methyl sites for hydroxylation is 1. The molecule has 2 aromatic carbocycles. The number of para-hydroxylation sites is 1. The van der Waals surface area contributed by atoms with Crippen molar-refractivity contribution in [1.29, 1.82) is 0 Å². The number of nitrogens with one attached hydrogen (secondary N) is 1. The van der Waals surface area contributed by atoms with E-state index in [1.807, 2.05) is 19.1 Å². The molecule has 0 atom stereocenters. The molecule has 30 heavy (non-hydrogen) atoms. The maximum Gasteiger partial charge on any atom is 0.323 e. The second kappa shape index (κ2) is 9.27. The summed E-state index contributed by atoms with van der Waals surface area (Å²) in [6, 6.07) is 14.0. The predicted octanol–water partition coefficient (Wildman–Crippen LogP) is 3.13. The highest BCUT2D eigenvalue weighted by atomic mass is 32.2. The Morgan fingerprint density at radius 2 is 1.83 bits per heavy atom. The fraction of sp³-hybridized carbons (Fsp3) is 0.143. The van der Waals surface area contributed by atoms with Crippen LogP contribution in [-0.4, -0.2) is 46.2 Å². The van der Waals surface area contributed by atoms with E-state index in [-0.39, 0.29) is 17.4 Å². The number of aliphatic carboxylic acids is 1. The maximum atomic E-state index is 12.3. The van der Waals surface area contributed by atoms with Gasteiger partial charge in [-0.2, -0.15) is 0 Å². The lowest BCUT2D eigenvalue weighted by atomic mass is 10.2. The molecule has 1 heterocycles. The summed E-state index contributed by atoms with van der Waals surface area (Å²) in [5, 5.41) is 10.9. The topological polar surface area (TPSA) is 113 Å². The maximum absolute atomic E-state index is 12.3. The lowest BCUT2D eigenvalue weighted by Crippen LogP contribution is -2.33. The van der Waals surface area contributed by atoms with E-state index < -0.39 is 23.7 Å². The minimum absolute atomic E-state index is 0.0846. The van der Waals surface area contributed by atoms with Gasteiger partial charge in [-0.3, -0.25) is 24.1 Å². The number of hydrogen-bond acceptors (Lipinski definition) is 6. The van der Waals surface area contributed by atoms with Gasteiger partial charge in [0, 0.05) is 11.3 Å². The Hall–Kier alpha value is -3.59. The molecule has 0 aromatic heterocycles. The first-order valence-electron chi connectivity index (χ1n) is 8.89. The molecule has 8 nitrogen and oxygen atoms in total. The van der Waals surface area contributed by atoms with Crippen molar-refractivity contribution in [2.45, 2.75) is 6.92 Å². The number of nitrogens with zero attached hydrogens (tertiary/aromatic N) is 1. The molecule has 3 rings (SSSR count). The molecule has 0 unspecified atom stereocenters. The molecule has 9 heteroatoms. The quantitative estimate of drug-likeness (QED) is 0.654. The van der Waals surface area contributed by atoms with Gasteiger partial charge < -0.3 is 15.2 Å². The Balaban J connectivity index is 1.69. The number of ether oxygens (including phenoxy) is 1. The van der Waals surface area contributed by atoms with Crippen molar-refractivity contribution in [2.75, 3.05) is 18.5 Å². The zero-order chi connectivity index (χ0) is 21.7. The molecule has 1 aliphatic rings. The Kier molecular flexibility index (Phi) is 6.53. The summed E-state index contributed by atoms with van der Waals surface area (Å²) in [7, 11) is 0. The minimum Gasteiger partial charge on any atom is -0.483 e. The third-order valence-electron chi connectivity index (χ3n) is 4.07. The van der Waals surface area contributed by atoms with Gasteiger partial charge in [0.25, 0.3) is 17.1 Å². The van der Waals surface area contributed by atoms with Gasteiger partial charge in [-0.15, -0.1) is 0 Å². The van der Waals surface area contributed by atoms with Crippen LogP contribution in [0.25, 0.3) is 6.08 Å². The summed E-state index contributed by atoms with van der Waals surface area (Å²) < 4.78 is 5.59. The lowest BCUT2D eigenvalue weighted by Gasteiger charge is -2.10. The number of carbonyl (C=O) groups is 4. The van der Waals surface area contributed by atoms with E-state index in [1.165, 1.54) is 6.08 Å². The van der Waals surface area contributed by atoms with Crippen LogP contribution in [0, 0.1) is 6.92 Å². The van der Waals surface area contributed by atoms with E-state index >= 15 is 0 Å². The number of thioether (sulfide) groups is 1. The van der Waals surface area contributed by atoms with Gasteiger partial charge in [-0.25, -0.2) is 0 Å². The summed E-state index contributed by atoms with van der Waals surface area (Å²) >= 11 is 0.655. The van der Waals surface area contributed by atoms with Crippen LogP contribution in [0.1, 0.15) is 11.1 Å². The number of benzene rings is 2. The van der Waals surface area contributed by atoms with Crippen molar-refractivity contribution in [3.05, 3.63) is 64.6 Å². The van der Waals surface area contributed by atoms with Crippen molar-refractivity contribution in [2.24, 2.45) is 0 Å². The zero-order valence-electron chi connectivity index (χ0n) is 16.0. The number of amides is 3. The van der Waals surface area contributed by atoms with Crippen LogP contribution in [0.2, 0.25) is 0 Å². The van der Waals surface area contributed by atoms with Gasteiger partial charge in [0.1, 0.15) is 12.3 Å². The summed E-state index contributed by atoms with van der Waals surface area (Å²) in [6.45, 7) is 1.00. The molecule has 0 spiro atoms. The fourth-order valence-corrected chi connectivity index (χ4v) is 3.45. The van der Waals surface area contributed by atoms with Gasteiger partial charge >= 0.3 is 5.97 Å². The molecule has 2 N–H and O–H groups in total. The molecule has 0 bridgehead atoms. The molecule has 2 aromatic rings. The average molecular weight is 426 g/mol. The molecule has 0 saturated carbocycles. The fourth-order valence-electron chi connectivity index (χ4n) is 2.62. The predicted molar refractivity (Wildman–Crippen MR) is 112 cm³/mol. The van der Waals surface area contributed by atoms with Gasteiger partial charge in [-0.05, 0) is 43.0 Å². The van der Waals surface area contributed by atoms with Crippen LogP contribution in [0.5, 0.6) is 5.75 Å². The van der Waals surface area contributed by atoms with Crippen LogP contribution in [0.15, 0.2) is 53.4 Å². The van der Waals surface area contributed by atoms with Gasteiger partial charge in [-0.1, -0.05) is 35.9 Å². The van der Waals surface area contributed by atoms with E-state index in [2.05, 4.69) is 5.32 Å². The van der Waals surface area contributed by atoms with Crippen molar-refractivity contribution >= 4 is 46.5 Å². The van der Waals surface area contributed by atoms with E-state index in [1.54, 1.807) is 36.4 Å². The number of anilines is 1. The molecular formula is C21H18N2O6S. The molecule has 1 aliphatic heterocycles. The van der Waals surface area contributed by atoms with Crippen LogP contribution >= 0.6 is 11.8 Å². The van der Waals surface area contributed by atoms with Crippen LogP contribution < -0.4 is 10.1 Å². The summed E-state index contributed by atoms with van der Waals surface area (Å²) in [4.78, 5) is 47.9.